The van der Waals surface area contributed by atoms with Crippen molar-refractivity contribution in [1.82, 2.24) is 10.2 Å². The number of likely N-dealkylation sites (tertiary alicyclic amines) is 1. The van der Waals surface area contributed by atoms with Gasteiger partial charge in [0.2, 0.25) is 0 Å². The Morgan fingerprint density at radius 2 is 2.12 bits per heavy atom. The van der Waals surface area contributed by atoms with Crippen LogP contribution in [0.3, 0.4) is 0 Å². The third-order valence-corrected chi connectivity index (χ3v) is 3.49. The first kappa shape index (κ1) is 11.6. The van der Waals surface area contributed by atoms with Crippen LogP contribution in [0.2, 0.25) is 0 Å². The molecule has 2 rings (SSSR count). The molecule has 0 aromatic rings. The zero-order valence-corrected chi connectivity index (χ0v) is 10.2. The van der Waals surface area contributed by atoms with Crippen LogP contribution in [0, 0.1) is 0 Å². The topological polar surface area (TPSA) is 32.3 Å². The predicted molar refractivity (Wildman–Crippen MR) is 65.2 cm³/mol. The van der Waals surface area contributed by atoms with Gasteiger partial charge < -0.3 is 10.2 Å². The molecule has 0 aromatic heterocycles. The van der Waals surface area contributed by atoms with E-state index in [9.17, 15) is 4.79 Å². The van der Waals surface area contributed by atoms with E-state index in [1.165, 1.54) is 44.6 Å². The van der Waals surface area contributed by atoms with Crippen LogP contribution in [0.5, 0.6) is 0 Å². The highest BCUT2D eigenvalue weighted by atomic mass is 16.1. The fourth-order valence-corrected chi connectivity index (χ4v) is 2.59. The van der Waals surface area contributed by atoms with Crippen molar-refractivity contribution in [2.24, 2.45) is 0 Å². The highest BCUT2D eigenvalue weighted by molar-refractivity contribution is 5.92. The van der Waals surface area contributed by atoms with Crippen LogP contribution >= 0.6 is 0 Å². The summed E-state index contributed by atoms with van der Waals surface area (Å²) < 4.78 is 0. The smallest absolute Gasteiger partial charge is 0.157 e. The van der Waals surface area contributed by atoms with Gasteiger partial charge >= 0.3 is 0 Å². The van der Waals surface area contributed by atoms with E-state index < -0.39 is 0 Å². The lowest BCUT2D eigenvalue weighted by Gasteiger charge is -2.32. The quantitative estimate of drug-likeness (QED) is 0.785. The largest absolute Gasteiger partial charge is 0.385 e. The number of nitrogens with one attached hydrogen (secondary N) is 1. The number of hydrogen-bond donors (Lipinski definition) is 1. The molecule has 90 valence electrons. The monoisotopic (exact) mass is 222 g/mol. The van der Waals surface area contributed by atoms with Crippen molar-refractivity contribution in [3.63, 3.8) is 0 Å². The van der Waals surface area contributed by atoms with Gasteiger partial charge in [-0.05, 0) is 32.2 Å². The maximum absolute atomic E-state index is 11.1. The summed E-state index contributed by atoms with van der Waals surface area (Å²) in [5.74, 6) is 0.283. The molecule has 0 aromatic carbocycles. The van der Waals surface area contributed by atoms with E-state index >= 15 is 0 Å². The maximum Gasteiger partial charge on any atom is 0.157 e. The second kappa shape index (κ2) is 5.48. The third kappa shape index (κ3) is 3.08. The fourth-order valence-electron chi connectivity index (χ4n) is 2.59. The van der Waals surface area contributed by atoms with Gasteiger partial charge in [0.1, 0.15) is 0 Å². The summed E-state index contributed by atoms with van der Waals surface area (Å²) >= 11 is 0. The van der Waals surface area contributed by atoms with Crippen LogP contribution < -0.4 is 5.32 Å². The van der Waals surface area contributed by atoms with E-state index in [0.29, 0.717) is 12.5 Å². The van der Waals surface area contributed by atoms with E-state index in [1.54, 1.807) is 6.08 Å². The van der Waals surface area contributed by atoms with Gasteiger partial charge in [0, 0.05) is 37.3 Å². The van der Waals surface area contributed by atoms with E-state index in [4.69, 9.17) is 0 Å². The first-order valence-corrected chi connectivity index (χ1v) is 6.50. The van der Waals surface area contributed by atoms with Crippen LogP contribution in [-0.4, -0.2) is 36.4 Å². The summed E-state index contributed by atoms with van der Waals surface area (Å²) in [5, 5.41) is 3.52. The van der Waals surface area contributed by atoms with Crippen LogP contribution in [0.15, 0.2) is 11.8 Å². The van der Waals surface area contributed by atoms with Gasteiger partial charge in [-0.1, -0.05) is 6.92 Å². The fraction of sp³-hybridized carbons (Fsp3) is 0.769. The lowest BCUT2D eigenvalue weighted by Crippen LogP contribution is -2.42. The van der Waals surface area contributed by atoms with Crippen molar-refractivity contribution in [2.45, 2.75) is 45.1 Å². The Morgan fingerprint density at radius 3 is 2.69 bits per heavy atom. The summed E-state index contributed by atoms with van der Waals surface area (Å²) in [4.78, 5) is 13.6. The van der Waals surface area contributed by atoms with E-state index in [-0.39, 0.29) is 5.78 Å². The first-order valence-electron chi connectivity index (χ1n) is 6.50. The lowest BCUT2D eigenvalue weighted by atomic mass is 10.0. The second-order valence-corrected chi connectivity index (χ2v) is 4.90. The second-order valence-electron chi connectivity index (χ2n) is 4.90. The van der Waals surface area contributed by atoms with Gasteiger partial charge in [-0.15, -0.1) is 0 Å². The minimum Gasteiger partial charge on any atom is -0.385 e. The van der Waals surface area contributed by atoms with E-state index in [2.05, 4.69) is 17.1 Å². The molecule has 0 atom stereocenters. The minimum absolute atomic E-state index is 0.283. The molecule has 1 saturated heterocycles. The van der Waals surface area contributed by atoms with E-state index in [0.717, 1.165) is 6.42 Å². The molecular formula is C13H22N2O. The summed E-state index contributed by atoms with van der Waals surface area (Å²) in [5.41, 5.74) is 1.17. The molecule has 0 radical (unpaired) electrons. The Bertz CT molecular complexity index is 278. The predicted octanol–water partition coefficient (Wildman–Crippen LogP) is 1.70. The van der Waals surface area contributed by atoms with Crippen molar-refractivity contribution in [3.8, 4) is 0 Å². The SMILES string of the molecule is CCCN1CCC(NC2=CC(=O)CC2)CC1. The Balaban J connectivity index is 1.73. The molecule has 0 unspecified atom stereocenters. The van der Waals surface area contributed by atoms with Crippen LogP contribution in [0.4, 0.5) is 0 Å². The molecule has 0 spiro atoms. The molecule has 1 fully saturated rings. The molecule has 1 aliphatic heterocycles. The highest BCUT2D eigenvalue weighted by Gasteiger charge is 2.20. The van der Waals surface area contributed by atoms with Gasteiger partial charge in [0.15, 0.2) is 5.78 Å². The van der Waals surface area contributed by atoms with E-state index in [1.807, 2.05) is 0 Å². The molecule has 3 nitrogen and oxygen atoms in total. The number of allylic oxidation sites excluding steroid dienone is 2. The minimum atomic E-state index is 0.283. The van der Waals surface area contributed by atoms with Gasteiger partial charge in [-0.25, -0.2) is 0 Å². The molecule has 2 aliphatic rings. The molecule has 1 heterocycles. The van der Waals surface area contributed by atoms with Crippen molar-refractivity contribution in [3.05, 3.63) is 11.8 Å². The zero-order chi connectivity index (χ0) is 11.4. The van der Waals surface area contributed by atoms with Gasteiger partial charge in [-0.3, -0.25) is 4.79 Å². The molecule has 16 heavy (non-hydrogen) atoms. The summed E-state index contributed by atoms with van der Waals surface area (Å²) in [6.45, 7) is 5.87. The zero-order valence-electron chi connectivity index (χ0n) is 10.2. The van der Waals surface area contributed by atoms with Crippen LogP contribution in [0.1, 0.15) is 39.0 Å². The standard InChI is InChI=1S/C13H22N2O/c1-2-7-15-8-5-11(6-9-15)14-12-3-4-13(16)10-12/h10-11,14H,2-9H2,1H3. The molecule has 0 bridgehead atoms. The number of carbonyl (C=O) groups excluding carboxylic acids is 1. The number of ketones is 1. The normalized spacial score (nSPS) is 23.6. The van der Waals surface area contributed by atoms with Crippen molar-refractivity contribution in [2.75, 3.05) is 19.6 Å². The van der Waals surface area contributed by atoms with Gasteiger partial charge in [0.25, 0.3) is 0 Å². The van der Waals surface area contributed by atoms with Crippen molar-refractivity contribution >= 4 is 5.78 Å². The Morgan fingerprint density at radius 1 is 1.38 bits per heavy atom. The van der Waals surface area contributed by atoms with Gasteiger partial charge in [0.05, 0.1) is 0 Å². The number of carbonyl (C=O) groups is 1. The Kier molecular flexibility index (Phi) is 3.99. The molecule has 3 heteroatoms. The molecular weight excluding hydrogens is 200 g/mol. The Hall–Kier alpha value is -0.830. The molecule has 1 N–H and O–H groups in total. The average Bonchev–Trinajstić information content (AvgIpc) is 2.67. The molecule has 1 aliphatic carbocycles. The van der Waals surface area contributed by atoms with Crippen molar-refractivity contribution in [1.29, 1.82) is 0 Å². The average molecular weight is 222 g/mol. The lowest BCUT2D eigenvalue weighted by molar-refractivity contribution is -0.114. The number of nitrogens with zero attached hydrogens (tertiary/aromatic N) is 1. The highest BCUT2D eigenvalue weighted by Crippen LogP contribution is 2.17. The molecule has 0 amide bonds. The summed E-state index contributed by atoms with van der Waals surface area (Å²) in [6, 6.07) is 0.588. The Labute approximate surface area is 97.9 Å². The number of hydrogen-bond acceptors (Lipinski definition) is 3. The number of piperidine rings is 1. The summed E-state index contributed by atoms with van der Waals surface area (Å²) in [6.07, 6.45) is 7.10. The van der Waals surface area contributed by atoms with Crippen molar-refractivity contribution < 1.29 is 4.79 Å². The molecule has 0 saturated carbocycles. The number of rotatable bonds is 4. The van der Waals surface area contributed by atoms with Gasteiger partial charge in [-0.2, -0.15) is 0 Å². The van der Waals surface area contributed by atoms with Crippen LogP contribution in [-0.2, 0) is 4.79 Å². The third-order valence-electron chi connectivity index (χ3n) is 3.49. The van der Waals surface area contributed by atoms with Crippen LogP contribution in [0.25, 0.3) is 0 Å². The maximum atomic E-state index is 11.1. The first-order chi connectivity index (χ1) is 7.78. The summed E-state index contributed by atoms with van der Waals surface area (Å²) in [7, 11) is 0.